The summed E-state index contributed by atoms with van der Waals surface area (Å²) in [5, 5.41) is 4.60. The van der Waals surface area contributed by atoms with Gasteiger partial charge in [-0.25, -0.2) is 4.98 Å². The summed E-state index contributed by atoms with van der Waals surface area (Å²) < 4.78 is 18.8. The Balaban J connectivity index is 1.32. The lowest BCUT2D eigenvalue weighted by atomic mass is 10.00. The lowest BCUT2D eigenvalue weighted by Crippen LogP contribution is -2.45. The molecule has 2 aliphatic rings. The van der Waals surface area contributed by atoms with Gasteiger partial charge in [-0.05, 0) is 37.6 Å². The van der Waals surface area contributed by atoms with Crippen molar-refractivity contribution in [2.45, 2.75) is 38.8 Å². The first-order valence-electron chi connectivity index (χ1n) is 10.3. The molecule has 2 aromatic heterocycles. The molecule has 2 atom stereocenters. The molecule has 0 bridgehead atoms. The van der Waals surface area contributed by atoms with Crippen LogP contribution in [-0.2, 0) is 0 Å². The lowest BCUT2D eigenvalue weighted by Gasteiger charge is -2.39. The van der Waals surface area contributed by atoms with E-state index in [1.807, 2.05) is 31.2 Å². The quantitative estimate of drug-likeness (QED) is 0.659. The summed E-state index contributed by atoms with van der Waals surface area (Å²) in [7, 11) is 0. The van der Waals surface area contributed by atoms with Crippen LogP contribution in [0.1, 0.15) is 25.3 Å². The van der Waals surface area contributed by atoms with Gasteiger partial charge in [-0.1, -0.05) is 0 Å². The molecule has 8 heteroatoms. The fraction of sp³-hybridized carbons (Fsp3) is 0.409. The molecule has 1 fully saturated rings. The van der Waals surface area contributed by atoms with E-state index < -0.39 is 0 Å². The maximum Gasteiger partial charge on any atom is 0.274 e. The van der Waals surface area contributed by atoms with E-state index in [2.05, 4.69) is 21.9 Å². The van der Waals surface area contributed by atoms with Gasteiger partial charge in [0, 0.05) is 43.8 Å². The van der Waals surface area contributed by atoms with Crippen LogP contribution >= 0.6 is 0 Å². The normalized spacial score (nSPS) is 20.9. The van der Waals surface area contributed by atoms with E-state index in [9.17, 15) is 4.79 Å². The number of aryl methyl sites for hydroxylation is 1. The minimum Gasteiger partial charge on any atom is -0.490 e. The van der Waals surface area contributed by atoms with Gasteiger partial charge in [0.15, 0.2) is 23.0 Å². The molecule has 2 aliphatic heterocycles. The molecule has 30 heavy (non-hydrogen) atoms. The number of piperidine rings is 1. The summed E-state index contributed by atoms with van der Waals surface area (Å²) in [4.78, 5) is 18.7. The van der Waals surface area contributed by atoms with E-state index in [1.54, 1.807) is 0 Å². The molecule has 3 aromatic rings. The predicted octanol–water partition coefficient (Wildman–Crippen LogP) is 2.61. The molecule has 0 N–H and O–H groups in total. The van der Waals surface area contributed by atoms with Crippen molar-refractivity contribution in [1.29, 1.82) is 0 Å². The van der Waals surface area contributed by atoms with Crippen molar-refractivity contribution >= 4 is 11.5 Å². The third-order valence-electron chi connectivity index (χ3n) is 5.66. The smallest absolute Gasteiger partial charge is 0.274 e. The zero-order valence-electron chi connectivity index (χ0n) is 17.1. The number of nitrogens with zero attached hydrogens (tertiary/aromatic N) is 4. The maximum absolute atomic E-state index is 12.2. The number of aromatic nitrogens is 3. The molecule has 1 aromatic carbocycles. The molecule has 5 rings (SSSR count). The number of hydrogen-bond donors (Lipinski definition) is 0. The Morgan fingerprint density at radius 1 is 1.13 bits per heavy atom. The monoisotopic (exact) mass is 408 g/mol. The summed E-state index contributed by atoms with van der Waals surface area (Å²) >= 11 is 0. The van der Waals surface area contributed by atoms with Gasteiger partial charge in [0.1, 0.15) is 25.1 Å². The van der Waals surface area contributed by atoms with Gasteiger partial charge in [-0.15, -0.1) is 5.10 Å². The topological polar surface area (TPSA) is 78.2 Å². The highest BCUT2D eigenvalue weighted by Crippen LogP contribution is 2.35. The highest BCUT2D eigenvalue weighted by atomic mass is 16.6. The fourth-order valence-electron chi connectivity index (χ4n) is 4.17. The van der Waals surface area contributed by atoms with Crippen LogP contribution in [0.15, 0.2) is 41.3 Å². The largest absolute Gasteiger partial charge is 0.490 e. The first-order chi connectivity index (χ1) is 14.6. The first kappa shape index (κ1) is 18.7. The van der Waals surface area contributed by atoms with E-state index in [4.69, 9.17) is 14.2 Å². The summed E-state index contributed by atoms with van der Waals surface area (Å²) in [5.74, 6) is 3.11. The van der Waals surface area contributed by atoms with Crippen molar-refractivity contribution < 1.29 is 14.2 Å². The van der Waals surface area contributed by atoms with E-state index >= 15 is 0 Å². The fourth-order valence-corrected chi connectivity index (χ4v) is 4.17. The number of benzene rings is 1. The van der Waals surface area contributed by atoms with Crippen LogP contribution in [0.25, 0.3) is 5.65 Å². The zero-order chi connectivity index (χ0) is 20.7. The minimum atomic E-state index is -0.175. The van der Waals surface area contributed by atoms with Crippen molar-refractivity contribution in [3.63, 3.8) is 0 Å². The first-order valence-corrected chi connectivity index (χ1v) is 10.3. The van der Waals surface area contributed by atoms with Crippen molar-refractivity contribution in [2.75, 3.05) is 24.7 Å². The Morgan fingerprint density at radius 3 is 2.80 bits per heavy atom. The molecule has 8 nitrogen and oxygen atoms in total. The lowest BCUT2D eigenvalue weighted by molar-refractivity contribution is 0.149. The second kappa shape index (κ2) is 7.51. The van der Waals surface area contributed by atoms with Gasteiger partial charge in [0.2, 0.25) is 0 Å². The average Bonchev–Trinajstić information content (AvgIpc) is 2.74. The molecule has 0 spiro atoms. The van der Waals surface area contributed by atoms with E-state index in [-0.39, 0.29) is 17.7 Å². The third-order valence-corrected chi connectivity index (χ3v) is 5.66. The van der Waals surface area contributed by atoms with Crippen LogP contribution in [0.5, 0.6) is 17.2 Å². The molecule has 0 aliphatic carbocycles. The van der Waals surface area contributed by atoms with Gasteiger partial charge in [-0.2, -0.15) is 4.52 Å². The van der Waals surface area contributed by atoms with E-state index in [0.29, 0.717) is 18.9 Å². The van der Waals surface area contributed by atoms with Crippen LogP contribution in [0.4, 0.5) is 5.82 Å². The summed E-state index contributed by atoms with van der Waals surface area (Å²) in [6.07, 6.45) is 3.33. The van der Waals surface area contributed by atoms with Gasteiger partial charge in [-0.3, -0.25) is 4.79 Å². The van der Waals surface area contributed by atoms with Crippen molar-refractivity contribution in [1.82, 2.24) is 14.6 Å². The number of rotatable bonds is 3. The Kier molecular flexibility index (Phi) is 4.69. The molecular formula is C22H24N4O4. The molecular weight excluding hydrogens is 384 g/mol. The highest BCUT2D eigenvalue weighted by molar-refractivity contribution is 5.53. The average molecular weight is 408 g/mol. The van der Waals surface area contributed by atoms with Gasteiger partial charge in [0.05, 0.1) is 0 Å². The SMILES string of the molecule is Cc1cc2nccc(=O)n2nc1N1CC[C@H](Oc2ccc3c(c2)OCCO3)C[C@@H]1C. The molecule has 0 radical (unpaired) electrons. The summed E-state index contributed by atoms with van der Waals surface area (Å²) in [5.41, 5.74) is 1.39. The van der Waals surface area contributed by atoms with Gasteiger partial charge >= 0.3 is 0 Å². The summed E-state index contributed by atoms with van der Waals surface area (Å²) in [6, 6.07) is 9.29. The molecule has 0 saturated carbocycles. The Hall–Kier alpha value is -3.29. The molecule has 156 valence electrons. The van der Waals surface area contributed by atoms with Crippen molar-refractivity contribution in [3.8, 4) is 17.2 Å². The van der Waals surface area contributed by atoms with Gasteiger partial charge in [0.25, 0.3) is 5.56 Å². The van der Waals surface area contributed by atoms with E-state index in [1.165, 1.54) is 16.8 Å². The van der Waals surface area contributed by atoms with Crippen LogP contribution in [0.2, 0.25) is 0 Å². The third kappa shape index (κ3) is 3.42. The standard InChI is InChI=1S/C22H24N4O4/c1-14-11-20-23-7-5-21(27)26(20)24-22(14)25-8-6-17(12-15(25)2)30-16-3-4-18-19(13-16)29-10-9-28-18/h3-5,7,11,13,15,17H,6,8-10,12H2,1-2H3/t15-,17-/m0/s1. The number of anilines is 1. The van der Waals surface area contributed by atoms with Crippen LogP contribution in [0.3, 0.4) is 0 Å². The van der Waals surface area contributed by atoms with E-state index in [0.717, 1.165) is 48.0 Å². The molecule has 0 amide bonds. The van der Waals surface area contributed by atoms with Crippen molar-refractivity contribution in [3.05, 3.63) is 52.4 Å². The van der Waals surface area contributed by atoms with Gasteiger partial charge < -0.3 is 19.1 Å². The number of fused-ring (bicyclic) bond motifs is 2. The zero-order valence-corrected chi connectivity index (χ0v) is 17.1. The number of hydrogen-bond acceptors (Lipinski definition) is 7. The summed E-state index contributed by atoms with van der Waals surface area (Å²) in [6.45, 7) is 6.10. The van der Waals surface area contributed by atoms with Crippen molar-refractivity contribution in [2.24, 2.45) is 0 Å². The maximum atomic E-state index is 12.2. The molecule has 0 unspecified atom stereocenters. The Labute approximate surface area is 174 Å². The number of ether oxygens (including phenoxy) is 3. The van der Waals surface area contributed by atoms with Crippen LogP contribution < -0.4 is 24.7 Å². The Bertz CT molecular complexity index is 1150. The predicted molar refractivity (Wildman–Crippen MR) is 112 cm³/mol. The Morgan fingerprint density at radius 2 is 1.97 bits per heavy atom. The molecule has 4 heterocycles. The highest BCUT2D eigenvalue weighted by Gasteiger charge is 2.29. The van der Waals surface area contributed by atoms with Crippen LogP contribution in [0, 0.1) is 6.92 Å². The molecule has 1 saturated heterocycles. The minimum absolute atomic E-state index is 0.101. The second-order valence-electron chi connectivity index (χ2n) is 7.82. The van der Waals surface area contributed by atoms with Crippen LogP contribution in [-0.4, -0.2) is 46.5 Å². The second-order valence-corrected chi connectivity index (χ2v) is 7.82.